The standard InChI is InChI=1S/C18H17Cl2N3O2S/c1-12-6-7-13(2)17(10-12)26(24,25)22-18-8-9-23(21-18)11-14-15(19)4-3-5-16(14)20/h3-10H,11H2,1-2H3,(H,21,22). The lowest BCUT2D eigenvalue weighted by molar-refractivity contribution is 0.600. The van der Waals surface area contributed by atoms with Gasteiger partial charge in [-0.1, -0.05) is 41.4 Å². The molecule has 0 bridgehead atoms. The Hall–Kier alpha value is -2.02. The first kappa shape index (κ1) is 18.8. The van der Waals surface area contributed by atoms with E-state index in [9.17, 15) is 8.42 Å². The summed E-state index contributed by atoms with van der Waals surface area (Å²) in [5, 5.41) is 5.33. The predicted octanol–water partition coefficient (Wildman–Crippen LogP) is 4.66. The van der Waals surface area contributed by atoms with Crippen molar-refractivity contribution in [3.05, 3.63) is 75.4 Å². The zero-order valence-corrected chi connectivity index (χ0v) is 16.5. The minimum atomic E-state index is -3.72. The molecule has 0 saturated carbocycles. The molecular weight excluding hydrogens is 393 g/mol. The van der Waals surface area contributed by atoms with Gasteiger partial charge in [0.05, 0.1) is 11.4 Å². The molecule has 26 heavy (non-hydrogen) atoms. The lowest BCUT2D eigenvalue weighted by Crippen LogP contribution is -2.15. The molecule has 3 aromatic rings. The highest BCUT2D eigenvalue weighted by atomic mass is 35.5. The van der Waals surface area contributed by atoms with Gasteiger partial charge in [-0.25, -0.2) is 8.42 Å². The first-order valence-electron chi connectivity index (χ1n) is 7.83. The molecule has 8 heteroatoms. The normalized spacial score (nSPS) is 11.5. The third-order valence-electron chi connectivity index (χ3n) is 3.89. The van der Waals surface area contributed by atoms with Gasteiger partial charge in [0.2, 0.25) is 0 Å². The van der Waals surface area contributed by atoms with Gasteiger partial charge >= 0.3 is 0 Å². The molecule has 1 heterocycles. The maximum absolute atomic E-state index is 12.6. The van der Waals surface area contributed by atoms with Crippen LogP contribution in [0.25, 0.3) is 0 Å². The number of aromatic nitrogens is 2. The number of hydrogen-bond acceptors (Lipinski definition) is 3. The van der Waals surface area contributed by atoms with E-state index in [1.165, 1.54) is 0 Å². The van der Waals surface area contributed by atoms with Gasteiger partial charge in [0.1, 0.15) is 0 Å². The van der Waals surface area contributed by atoms with Crippen LogP contribution in [0.15, 0.2) is 53.6 Å². The molecule has 0 unspecified atom stereocenters. The van der Waals surface area contributed by atoms with Crippen molar-refractivity contribution in [2.45, 2.75) is 25.3 Å². The number of nitrogens with one attached hydrogen (secondary N) is 1. The van der Waals surface area contributed by atoms with Gasteiger partial charge in [0.25, 0.3) is 10.0 Å². The molecule has 1 aromatic heterocycles. The topological polar surface area (TPSA) is 64.0 Å². The number of sulfonamides is 1. The van der Waals surface area contributed by atoms with Gasteiger partial charge in [-0.3, -0.25) is 9.40 Å². The molecule has 0 aliphatic rings. The molecule has 2 aromatic carbocycles. The Bertz CT molecular complexity index is 1040. The Morgan fingerprint density at radius 1 is 1.08 bits per heavy atom. The van der Waals surface area contributed by atoms with Gasteiger partial charge in [0.15, 0.2) is 5.82 Å². The van der Waals surface area contributed by atoms with Crippen LogP contribution < -0.4 is 4.72 Å². The molecule has 0 fully saturated rings. The number of nitrogens with zero attached hydrogens (tertiary/aromatic N) is 2. The Morgan fingerprint density at radius 2 is 1.77 bits per heavy atom. The van der Waals surface area contributed by atoms with Crippen LogP contribution >= 0.6 is 23.2 Å². The van der Waals surface area contributed by atoms with Crippen LogP contribution in [0.1, 0.15) is 16.7 Å². The van der Waals surface area contributed by atoms with E-state index in [0.717, 1.165) is 11.1 Å². The number of halogens is 2. The van der Waals surface area contributed by atoms with Crippen LogP contribution in [0.4, 0.5) is 5.82 Å². The highest BCUT2D eigenvalue weighted by Gasteiger charge is 2.18. The Balaban J connectivity index is 1.83. The maximum atomic E-state index is 12.6. The van der Waals surface area contributed by atoms with Gasteiger partial charge in [0, 0.05) is 27.9 Å². The van der Waals surface area contributed by atoms with Crippen LogP contribution in [-0.4, -0.2) is 18.2 Å². The second-order valence-corrected chi connectivity index (χ2v) is 8.44. The minimum Gasteiger partial charge on any atom is -0.266 e. The number of aryl methyl sites for hydroxylation is 2. The van der Waals surface area contributed by atoms with Gasteiger partial charge in [-0.05, 0) is 43.2 Å². The average Bonchev–Trinajstić information content (AvgIpc) is 2.99. The second kappa shape index (κ2) is 7.31. The van der Waals surface area contributed by atoms with E-state index in [2.05, 4.69) is 9.82 Å². The van der Waals surface area contributed by atoms with Crippen molar-refractivity contribution in [3.8, 4) is 0 Å². The van der Waals surface area contributed by atoms with Crippen LogP contribution in [0.2, 0.25) is 10.0 Å². The molecule has 0 aliphatic heterocycles. The van der Waals surface area contributed by atoms with Crippen molar-refractivity contribution < 1.29 is 8.42 Å². The van der Waals surface area contributed by atoms with Crippen molar-refractivity contribution in [2.75, 3.05) is 4.72 Å². The fraction of sp³-hybridized carbons (Fsp3) is 0.167. The van der Waals surface area contributed by atoms with Crippen molar-refractivity contribution in [1.82, 2.24) is 9.78 Å². The lowest BCUT2D eigenvalue weighted by atomic mass is 10.2. The van der Waals surface area contributed by atoms with Gasteiger partial charge in [-0.2, -0.15) is 5.10 Å². The lowest BCUT2D eigenvalue weighted by Gasteiger charge is -2.10. The molecule has 0 atom stereocenters. The number of rotatable bonds is 5. The molecule has 0 radical (unpaired) electrons. The molecule has 1 N–H and O–H groups in total. The highest BCUT2D eigenvalue weighted by Crippen LogP contribution is 2.25. The summed E-state index contributed by atoms with van der Waals surface area (Å²) in [5.41, 5.74) is 2.27. The van der Waals surface area contributed by atoms with Gasteiger partial charge < -0.3 is 0 Å². The summed E-state index contributed by atoms with van der Waals surface area (Å²) in [4.78, 5) is 0.237. The molecule has 0 aliphatic carbocycles. The summed E-state index contributed by atoms with van der Waals surface area (Å²) >= 11 is 12.3. The first-order valence-corrected chi connectivity index (χ1v) is 10.1. The van der Waals surface area contributed by atoms with Crippen LogP contribution in [0.5, 0.6) is 0 Å². The van der Waals surface area contributed by atoms with E-state index in [1.807, 2.05) is 13.0 Å². The van der Waals surface area contributed by atoms with E-state index in [4.69, 9.17) is 23.2 Å². The van der Waals surface area contributed by atoms with Crippen molar-refractivity contribution in [3.63, 3.8) is 0 Å². The molecule has 0 saturated heterocycles. The smallest absolute Gasteiger partial charge is 0.263 e. The minimum absolute atomic E-state index is 0.231. The summed E-state index contributed by atoms with van der Waals surface area (Å²) in [6.45, 7) is 3.94. The highest BCUT2D eigenvalue weighted by molar-refractivity contribution is 7.92. The number of anilines is 1. The summed E-state index contributed by atoms with van der Waals surface area (Å²) in [5.74, 6) is 0.231. The van der Waals surface area contributed by atoms with E-state index < -0.39 is 10.0 Å². The SMILES string of the molecule is Cc1ccc(C)c(S(=O)(=O)Nc2ccn(Cc3c(Cl)cccc3Cl)n2)c1. The average molecular weight is 410 g/mol. The molecule has 5 nitrogen and oxygen atoms in total. The number of hydrogen-bond donors (Lipinski definition) is 1. The summed E-state index contributed by atoms with van der Waals surface area (Å²) in [6, 6.07) is 12.1. The monoisotopic (exact) mass is 409 g/mol. The largest absolute Gasteiger partial charge is 0.266 e. The Morgan fingerprint density at radius 3 is 2.46 bits per heavy atom. The van der Waals surface area contributed by atoms with Crippen LogP contribution in [0.3, 0.4) is 0 Å². The Labute approximate surface area is 162 Å². The maximum Gasteiger partial charge on any atom is 0.263 e. The summed E-state index contributed by atoms with van der Waals surface area (Å²) < 4.78 is 29.4. The molecule has 136 valence electrons. The van der Waals surface area contributed by atoms with E-state index >= 15 is 0 Å². The zero-order valence-electron chi connectivity index (χ0n) is 14.2. The quantitative estimate of drug-likeness (QED) is 0.666. The van der Waals surface area contributed by atoms with E-state index in [-0.39, 0.29) is 10.7 Å². The first-order chi connectivity index (χ1) is 12.3. The van der Waals surface area contributed by atoms with Crippen molar-refractivity contribution in [2.24, 2.45) is 0 Å². The fourth-order valence-corrected chi connectivity index (χ4v) is 4.38. The predicted molar refractivity (Wildman–Crippen MR) is 105 cm³/mol. The fourth-order valence-electron chi connectivity index (χ4n) is 2.54. The van der Waals surface area contributed by atoms with E-state index in [0.29, 0.717) is 22.2 Å². The molecule has 0 amide bonds. The molecule has 0 spiro atoms. The number of benzene rings is 2. The van der Waals surface area contributed by atoms with E-state index in [1.54, 1.807) is 54.2 Å². The molecular formula is C18H17Cl2N3O2S. The Kier molecular flexibility index (Phi) is 5.27. The van der Waals surface area contributed by atoms with Gasteiger partial charge in [-0.15, -0.1) is 0 Å². The third-order valence-corrected chi connectivity index (χ3v) is 6.10. The van der Waals surface area contributed by atoms with Crippen LogP contribution in [-0.2, 0) is 16.6 Å². The third kappa shape index (κ3) is 4.03. The van der Waals surface area contributed by atoms with Crippen molar-refractivity contribution >= 4 is 39.0 Å². The van der Waals surface area contributed by atoms with Crippen molar-refractivity contribution in [1.29, 1.82) is 0 Å². The zero-order chi connectivity index (χ0) is 18.9. The summed E-state index contributed by atoms with van der Waals surface area (Å²) in [7, 11) is -3.72. The second-order valence-electron chi connectivity index (χ2n) is 5.97. The molecule has 3 rings (SSSR count). The summed E-state index contributed by atoms with van der Waals surface area (Å²) in [6.07, 6.45) is 1.67. The van der Waals surface area contributed by atoms with Crippen LogP contribution in [0, 0.1) is 13.8 Å².